The molecule has 2 aliphatic rings. The number of piperazine rings is 1. The monoisotopic (exact) mass is 423 g/mol. The average Bonchev–Trinajstić information content (AvgIpc) is 3.18. The number of likely N-dealkylation sites (tertiary alicyclic amines) is 1. The highest BCUT2D eigenvalue weighted by atomic mass is 35.5. The summed E-state index contributed by atoms with van der Waals surface area (Å²) in [6.07, 6.45) is 5.16. The second-order valence-electron chi connectivity index (χ2n) is 6.96. The van der Waals surface area contributed by atoms with Gasteiger partial charge in [0.15, 0.2) is 0 Å². The zero-order valence-corrected chi connectivity index (χ0v) is 17.0. The molecule has 0 saturated carbocycles. The van der Waals surface area contributed by atoms with E-state index in [1.54, 1.807) is 29.2 Å². The molecule has 1 aromatic carbocycles. The second-order valence-corrected chi connectivity index (χ2v) is 7.40. The molecule has 0 radical (unpaired) electrons. The van der Waals surface area contributed by atoms with Gasteiger partial charge in [0.25, 0.3) is 5.91 Å². The van der Waals surface area contributed by atoms with Crippen LogP contribution in [0.3, 0.4) is 0 Å². The largest absolute Gasteiger partial charge is 0.336 e. The summed E-state index contributed by atoms with van der Waals surface area (Å²) in [4.78, 5) is 28.9. The van der Waals surface area contributed by atoms with E-state index in [4.69, 9.17) is 11.6 Å². The van der Waals surface area contributed by atoms with Crippen LogP contribution in [0.4, 0.5) is 0 Å². The predicted octanol–water partition coefficient (Wildman–Crippen LogP) is 1.98. The van der Waals surface area contributed by atoms with Crippen molar-refractivity contribution in [2.24, 2.45) is 0 Å². The van der Waals surface area contributed by atoms with Gasteiger partial charge in [0, 0.05) is 43.4 Å². The number of aromatic nitrogens is 2. The van der Waals surface area contributed by atoms with Gasteiger partial charge in [-0.25, -0.2) is 4.68 Å². The van der Waals surface area contributed by atoms with E-state index in [0.717, 1.165) is 25.1 Å². The summed E-state index contributed by atoms with van der Waals surface area (Å²) in [6, 6.07) is 7.43. The Morgan fingerprint density at radius 2 is 2.14 bits per heavy atom. The number of carbonyl (C=O) groups is 2. The Morgan fingerprint density at radius 1 is 1.29 bits per heavy atom. The minimum absolute atomic E-state index is 0. The van der Waals surface area contributed by atoms with Gasteiger partial charge in [0.1, 0.15) is 0 Å². The molecule has 9 heteroatoms. The standard InChI is InChI=1S/C19H22ClN5O2.ClH/c20-15-3-1-4-16(9-15)25-12-14(10-22-25)19(27)23-7-2-5-17(13-23)24-8-6-21-11-18(24)26;/h1,3-4,9-10,12,17,21H,2,5-8,11,13H2;1H. The summed E-state index contributed by atoms with van der Waals surface area (Å²) >= 11 is 6.03. The van der Waals surface area contributed by atoms with E-state index in [1.807, 2.05) is 21.9 Å². The van der Waals surface area contributed by atoms with Gasteiger partial charge in [0.05, 0.1) is 24.0 Å². The number of piperidine rings is 1. The first-order chi connectivity index (χ1) is 13.1. The van der Waals surface area contributed by atoms with E-state index in [9.17, 15) is 9.59 Å². The summed E-state index contributed by atoms with van der Waals surface area (Å²) < 4.78 is 1.65. The number of nitrogens with one attached hydrogen (secondary N) is 1. The third-order valence-electron chi connectivity index (χ3n) is 5.15. The number of carbonyl (C=O) groups excluding carboxylic acids is 2. The third-order valence-corrected chi connectivity index (χ3v) is 5.39. The molecule has 1 atom stereocenters. The topological polar surface area (TPSA) is 70.5 Å². The lowest BCUT2D eigenvalue weighted by Crippen LogP contribution is -2.57. The lowest BCUT2D eigenvalue weighted by atomic mass is 10.0. The number of amides is 2. The molecule has 0 aliphatic carbocycles. The van der Waals surface area contributed by atoms with Crippen LogP contribution in [0.25, 0.3) is 5.69 Å². The Bertz CT molecular complexity index is 856. The highest BCUT2D eigenvalue weighted by Crippen LogP contribution is 2.20. The van der Waals surface area contributed by atoms with E-state index in [2.05, 4.69) is 10.4 Å². The molecule has 0 bridgehead atoms. The molecule has 1 unspecified atom stereocenters. The highest BCUT2D eigenvalue weighted by Gasteiger charge is 2.32. The van der Waals surface area contributed by atoms with E-state index in [1.165, 1.54) is 0 Å². The maximum Gasteiger partial charge on any atom is 0.257 e. The molecule has 2 aliphatic heterocycles. The van der Waals surface area contributed by atoms with Crippen LogP contribution in [-0.4, -0.2) is 70.2 Å². The SMILES string of the molecule is Cl.O=C(c1cnn(-c2cccc(Cl)c2)c1)N1CCCC(N2CCNCC2=O)C1. The van der Waals surface area contributed by atoms with Crippen LogP contribution in [-0.2, 0) is 4.79 Å². The fourth-order valence-corrected chi connectivity index (χ4v) is 3.96. The van der Waals surface area contributed by atoms with Crippen LogP contribution in [0, 0.1) is 0 Å². The number of rotatable bonds is 3. The summed E-state index contributed by atoms with van der Waals surface area (Å²) in [5.41, 5.74) is 1.35. The molecule has 1 aromatic heterocycles. The van der Waals surface area contributed by atoms with Crippen LogP contribution >= 0.6 is 24.0 Å². The van der Waals surface area contributed by atoms with Crippen LogP contribution in [0.5, 0.6) is 0 Å². The van der Waals surface area contributed by atoms with Crippen molar-refractivity contribution in [1.29, 1.82) is 0 Å². The van der Waals surface area contributed by atoms with Crippen molar-refractivity contribution in [3.05, 3.63) is 47.2 Å². The fraction of sp³-hybridized carbons (Fsp3) is 0.421. The maximum absolute atomic E-state index is 13.0. The smallest absolute Gasteiger partial charge is 0.257 e. The predicted molar refractivity (Wildman–Crippen MR) is 109 cm³/mol. The van der Waals surface area contributed by atoms with Gasteiger partial charge in [-0.05, 0) is 31.0 Å². The van der Waals surface area contributed by atoms with Gasteiger partial charge >= 0.3 is 0 Å². The molecule has 7 nitrogen and oxygen atoms in total. The van der Waals surface area contributed by atoms with Gasteiger partial charge in [-0.3, -0.25) is 9.59 Å². The first kappa shape index (κ1) is 20.6. The summed E-state index contributed by atoms with van der Waals surface area (Å²) in [5.74, 6) is 0.0740. The minimum Gasteiger partial charge on any atom is -0.336 e. The van der Waals surface area contributed by atoms with Crippen LogP contribution < -0.4 is 5.32 Å². The molecule has 3 heterocycles. The van der Waals surface area contributed by atoms with Crippen LogP contribution in [0.2, 0.25) is 5.02 Å². The van der Waals surface area contributed by atoms with E-state index in [0.29, 0.717) is 36.8 Å². The van der Waals surface area contributed by atoms with Crippen molar-refractivity contribution >= 4 is 35.8 Å². The van der Waals surface area contributed by atoms with E-state index < -0.39 is 0 Å². The number of halogens is 2. The molecule has 0 spiro atoms. The zero-order valence-electron chi connectivity index (χ0n) is 15.4. The third kappa shape index (κ3) is 4.32. The highest BCUT2D eigenvalue weighted by molar-refractivity contribution is 6.30. The van der Waals surface area contributed by atoms with Gasteiger partial charge in [-0.1, -0.05) is 17.7 Å². The lowest BCUT2D eigenvalue weighted by molar-refractivity contribution is -0.135. The van der Waals surface area contributed by atoms with Crippen LogP contribution in [0.15, 0.2) is 36.7 Å². The van der Waals surface area contributed by atoms with Gasteiger partial charge in [0.2, 0.25) is 5.91 Å². The van der Waals surface area contributed by atoms with Crippen molar-refractivity contribution in [3.63, 3.8) is 0 Å². The Kier molecular flexibility index (Phi) is 6.59. The Balaban J connectivity index is 0.00000225. The number of benzene rings is 1. The van der Waals surface area contributed by atoms with Gasteiger partial charge in [-0.15, -0.1) is 12.4 Å². The number of hydrogen-bond donors (Lipinski definition) is 1. The van der Waals surface area contributed by atoms with Crippen molar-refractivity contribution < 1.29 is 9.59 Å². The molecule has 4 rings (SSSR count). The summed E-state index contributed by atoms with van der Waals surface area (Å²) in [6.45, 7) is 3.18. The first-order valence-corrected chi connectivity index (χ1v) is 9.60. The molecule has 2 fully saturated rings. The molecular formula is C19H23Cl2N5O2. The quantitative estimate of drug-likeness (QED) is 0.818. The van der Waals surface area contributed by atoms with E-state index >= 15 is 0 Å². The van der Waals surface area contributed by atoms with Crippen molar-refractivity contribution in [1.82, 2.24) is 24.9 Å². The van der Waals surface area contributed by atoms with Gasteiger partial charge in [-0.2, -0.15) is 5.10 Å². The maximum atomic E-state index is 13.0. The van der Waals surface area contributed by atoms with E-state index in [-0.39, 0.29) is 30.3 Å². The molecule has 150 valence electrons. The van der Waals surface area contributed by atoms with Gasteiger partial charge < -0.3 is 15.1 Å². The molecule has 1 N–H and O–H groups in total. The Hall–Kier alpha value is -2.09. The first-order valence-electron chi connectivity index (χ1n) is 9.22. The van der Waals surface area contributed by atoms with Crippen LogP contribution in [0.1, 0.15) is 23.2 Å². The lowest BCUT2D eigenvalue weighted by Gasteiger charge is -2.41. The molecular weight excluding hydrogens is 401 g/mol. The van der Waals surface area contributed by atoms with Crippen molar-refractivity contribution in [3.8, 4) is 5.69 Å². The summed E-state index contributed by atoms with van der Waals surface area (Å²) in [5, 5.41) is 8.02. The minimum atomic E-state index is -0.0458. The fourth-order valence-electron chi connectivity index (χ4n) is 3.78. The normalized spacial score (nSPS) is 20.0. The second kappa shape index (κ2) is 8.94. The Morgan fingerprint density at radius 3 is 2.93 bits per heavy atom. The van der Waals surface area contributed by atoms with Crippen molar-refractivity contribution in [2.75, 3.05) is 32.7 Å². The molecule has 2 saturated heterocycles. The number of hydrogen-bond acceptors (Lipinski definition) is 4. The average molecular weight is 424 g/mol. The zero-order chi connectivity index (χ0) is 18.8. The number of nitrogens with zero attached hydrogens (tertiary/aromatic N) is 4. The van der Waals surface area contributed by atoms with Crippen molar-refractivity contribution in [2.45, 2.75) is 18.9 Å². The molecule has 2 amide bonds. The molecule has 28 heavy (non-hydrogen) atoms. The Labute approximate surface area is 175 Å². The molecule has 2 aromatic rings. The summed E-state index contributed by atoms with van der Waals surface area (Å²) in [7, 11) is 0.